The number of methoxy groups -OCH3 is 6. The van der Waals surface area contributed by atoms with Crippen molar-refractivity contribution < 1.29 is 47.6 Å². The summed E-state index contributed by atoms with van der Waals surface area (Å²) in [6.07, 6.45) is 1.40. The zero-order valence-corrected chi connectivity index (χ0v) is 22.8. The average Bonchev–Trinajstić information content (AvgIpc) is 3.39. The summed E-state index contributed by atoms with van der Waals surface area (Å²) in [5, 5.41) is 4.29. The number of nitrogens with zero attached hydrogens (tertiary/aromatic N) is 2. The quantitative estimate of drug-likeness (QED) is 0.208. The lowest BCUT2D eigenvalue weighted by atomic mass is 10.0. The Kier molecular flexibility index (Phi) is 9.63. The van der Waals surface area contributed by atoms with Gasteiger partial charge < -0.3 is 28.4 Å². The maximum absolute atomic E-state index is 13.3. The van der Waals surface area contributed by atoms with Crippen molar-refractivity contribution in [1.82, 2.24) is 9.78 Å². The van der Waals surface area contributed by atoms with Crippen molar-refractivity contribution in [2.24, 2.45) is 0 Å². The highest BCUT2D eigenvalue weighted by atomic mass is 16.5. The number of carbonyl (C=O) groups is 4. The van der Waals surface area contributed by atoms with E-state index in [2.05, 4.69) is 5.10 Å². The molecule has 210 valence electrons. The van der Waals surface area contributed by atoms with Gasteiger partial charge in [-0.1, -0.05) is 12.1 Å². The fraction of sp³-hybridized carbons (Fsp3) is 0.250. The molecule has 0 radical (unpaired) electrons. The van der Waals surface area contributed by atoms with Gasteiger partial charge in [0.1, 0.15) is 17.1 Å². The Labute approximate surface area is 230 Å². The summed E-state index contributed by atoms with van der Waals surface area (Å²) in [4.78, 5) is 52.2. The lowest BCUT2D eigenvalue weighted by Gasteiger charge is -2.20. The Morgan fingerprint density at radius 1 is 0.725 bits per heavy atom. The minimum absolute atomic E-state index is 0.0187. The minimum Gasteiger partial charge on any atom is -0.497 e. The zero-order chi connectivity index (χ0) is 29.4. The molecular weight excluding hydrogens is 524 g/mol. The predicted octanol–water partition coefficient (Wildman–Crippen LogP) is 3.11. The Hall–Kier alpha value is -5.13. The molecule has 1 heterocycles. The molecule has 0 bridgehead atoms. The molecule has 0 saturated heterocycles. The van der Waals surface area contributed by atoms with Crippen LogP contribution in [0.2, 0.25) is 0 Å². The van der Waals surface area contributed by atoms with Crippen molar-refractivity contribution in [3.8, 4) is 22.8 Å². The van der Waals surface area contributed by atoms with E-state index in [-0.39, 0.29) is 16.8 Å². The van der Waals surface area contributed by atoms with E-state index in [1.165, 1.54) is 20.3 Å². The van der Waals surface area contributed by atoms with Crippen LogP contribution in [-0.2, 0) is 28.5 Å². The molecule has 0 amide bonds. The molecule has 12 heteroatoms. The number of esters is 4. The van der Waals surface area contributed by atoms with Crippen LogP contribution in [0.4, 0.5) is 0 Å². The molecule has 3 aromatic rings. The van der Waals surface area contributed by atoms with Gasteiger partial charge in [0.15, 0.2) is 11.7 Å². The average molecular weight is 553 g/mol. The fourth-order valence-corrected chi connectivity index (χ4v) is 3.90. The Bertz CT molecular complexity index is 1420. The van der Waals surface area contributed by atoms with Gasteiger partial charge in [0.25, 0.3) is 0 Å². The molecule has 1 atom stereocenters. The van der Waals surface area contributed by atoms with Crippen LogP contribution in [0.15, 0.2) is 54.1 Å². The summed E-state index contributed by atoms with van der Waals surface area (Å²) in [6, 6.07) is 11.4. The van der Waals surface area contributed by atoms with Gasteiger partial charge in [0.2, 0.25) is 0 Å². The van der Waals surface area contributed by atoms with Crippen molar-refractivity contribution >= 4 is 30.0 Å². The van der Waals surface area contributed by atoms with Gasteiger partial charge >= 0.3 is 23.9 Å². The summed E-state index contributed by atoms with van der Waals surface area (Å²) in [5.74, 6) is -2.66. The summed E-state index contributed by atoms with van der Waals surface area (Å²) in [6.45, 7) is 0. The van der Waals surface area contributed by atoms with Crippen LogP contribution in [0, 0.1) is 0 Å². The molecule has 40 heavy (non-hydrogen) atoms. The Morgan fingerprint density at radius 3 is 1.75 bits per heavy atom. The lowest BCUT2D eigenvalue weighted by molar-refractivity contribution is -0.146. The first kappa shape index (κ1) is 29.4. The van der Waals surface area contributed by atoms with Crippen molar-refractivity contribution in [1.29, 1.82) is 0 Å². The molecular formula is C28H28N2O10. The van der Waals surface area contributed by atoms with Crippen LogP contribution in [-0.4, -0.2) is 76.3 Å². The van der Waals surface area contributed by atoms with E-state index in [1.54, 1.807) is 48.5 Å². The molecule has 0 spiro atoms. The maximum atomic E-state index is 13.3. The third kappa shape index (κ3) is 5.96. The lowest BCUT2D eigenvalue weighted by Crippen LogP contribution is -2.29. The van der Waals surface area contributed by atoms with E-state index < -0.39 is 35.6 Å². The molecule has 1 unspecified atom stereocenters. The molecule has 0 fully saturated rings. The fourth-order valence-electron chi connectivity index (χ4n) is 3.90. The number of aromatic nitrogens is 2. The Morgan fingerprint density at radius 2 is 1.27 bits per heavy atom. The minimum atomic E-state index is -1.61. The van der Waals surface area contributed by atoms with Crippen LogP contribution < -0.4 is 9.47 Å². The smallest absolute Gasteiger partial charge is 0.359 e. The standard InChI is InChI=1S/C28H28N2O10/c1-35-18-11-7-16(8-12-18)15-20(25(31)37-3)24(28(34)40-6)30-23(17-9-13-19(36-2)14-10-17)21(26(32)38-4)22(29-30)27(33)39-5/h7-15,24H,1-6H3/b20-15-. The second-order valence-electron chi connectivity index (χ2n) is 8.02. The van der Waals surface area contributed by atoms with Crippen molar-refractivity contribution in [3.63, 3.8) is 0 Å². The van der Waals surface area contributed by atoms with Gasteiger partial charge in [-0.2, -0.15) is 5.10 Å². The Balaban J connectivity index is 2.43. The first-order chi connectivity index (χ1) is 19.2. The largest absolute Gasteiger partial charge is 0.497 e. The van der Waals surface area contributed by atoms with E-state index in [0.29, 0.717) is 22.6 Å². The van der Waals surface area contributed by atoms with Crippen molar-refractivity contribution in [2.75, 3.05) is 42.7 Å². The van der Waals surface area contributed by atoms with Crippen LogP contribution in [0.3, 0.4) is 0 Å². The number of benzene rings is 2. The summed E-state index contributed by atoms with van der Waals surface area (Å²) < 4.78 is 31.3. The summed E-state index contributed by atoms with van der Waals surface area (Å²) in [7, 11) is 7.49. The molecule has 3 rings (SSSR count). The second-order valence-corrected chi connectivity index (χ2v) is 8.02. The number of hydrogen-bond donors (Lipinski definition) is 0. The van der Waals surface area contributed by atoms with Gasteiger partial charge in [-0.15, -0.1) is 0 Å². The number of hydrogen-bond acceptors (Lipinski definition) is 11. The van der Waals surface area contributed by atoms with Gasteiger partial charge in [-0.25, -0.2) is 23.9 Å². The van der Waals surface area contributed by atoms with E-state index in [1.807, 2.05) is 0 Å². The maximum Gasteiger partial charge on any atom is 0.359 e. The van der Waals surface area contributed by atoms with E-state index >= 15 is 0 Å². The van der Waals surface area contributed by atoms with Gasteiger partial charge in [0, 0.05) is 5.56 Å². The van der Waals surface area contributed by atoms with Crippen molar-refractivity contribution in [3.05, 3.63) is 70.9 Å². The monoisotopic (exact) mass is 552 g/mol. The first-order valence-corrected chi connectivity index (χ1v) is 11.7. The first-order valence-electron chi connectivity index (χ1n) is 11.7. The van der Waals surface area contributed by atoms with Crippen LogP contribution >= 0.6 is 0 Å². The highest BCUT2D eigenvalue weighted by Gasteiger charge is 2.39. The number of ether oxygens (including phenoxy) is 6. The van der Waals surface area contributed by atoms with Gasteiger partial charge in [0.05, 0.1) is 53.9 Å². The molecule has 12 nitrogen and oxygen atoms in total. The summed E-state index contributed by atoms with van der Waals surface area (Å²) in [5.41, 5.74) is -0.106. The summed E-state index contributed by atoms with van der Waals surface area (Å²) >= 11 is 0. The molecule has 2 aromatic carbocycles. The third-order valence-corrected chi connectivity index (χ3v) is 5.86. The number of rotatable bonds is 10. The molecule has 0 saturated carbocycles. The highest BCUT2D eigenvalue weighted by Crippen LogP contribution is 2.35. The SMILES string of the molecule is COC(=O)/C(=C\c1ccc(OC)cc1)C(C(=O)OC)n1nc(C(=O)OC)c(C(=O)OC)c1-c1ccc(OC)cc1. The predicted molar refractivity (Wildman–Crippen MR) is 141 cm³/mol. The molecule has 0 aliphatic rings. The molecule has 1 aromatic heterocycles. The molecule has 0 N–H and O–H groups in total. The van der Waals surface area contributed by atoms with Crippen LogP contribution in [0.25, 0.3) is 17.3 Å². The van der Waals surface area contributed by atoms with Crippen LogP contribution in [0.1, 0.15) is 32.5 Å². The second kappa shape index (κ2) is 13.1. The third-order valence-electron chi connectivity index (χ3n) is 5.86. The zero-order valence-electron chi connectivity index (χ0n) is 22.8. The topological polar surface area (TPSA) is 141 Å². The van der Waals surface area contributed by atoms with E-state index in [9.17, 15) is 19.2 Å². The highest BCUT2D eigenvalue weighted by molar-refractivity contribution is 6.07. The normalized spacial score (nSPS) is 11.7. The molecule has 0 aliphatic carbocycles. The van der Waals surface area contributed by atoms with E-state index in [4.69, 9.17) is 28.4 Å². The molecule has 0 aliphatic heterocycles. The van der Waals surface area contributed by atoms with Crippen LogP contribution in [0.5, 0.6) is 11.5 Å². The number of carbonyl (C=O) groups excluding carboxylic acids is 4. The van der Waals surface area contributed by atoms with Crippen molar-refractivity contribution in [2.45, 2.75) is 6.04 Å². The van der Waals surface area contributed by atoms with E-state index in [0.717, 1.165) is 33.1 Å². The van der Waals surface area contributed by atoms with Gasteiger partial charge in [-0.05, 0) is 48.0 Å². The van der Waals surface area contributed by atoms with Gasteiger partial charge in [-0.3, -0.25) is 0 Å².